The van der Waals surface area contributed by atoms with E-state index in [-0.39, 0.29) is 11.8 Å². The van der Waals surface area contributed by atoms with Gasteiger partial charge in [-0.15, -0.1) is 0 Å². The molecule has 0 saturated heterocycles. The van der Waals surface area contributed by atoms with Crippen molar-refractivity contribution in [2.75, 3.05) is 0 Å². The summed E-state index contributed by atoms with van der Waals surface area (Å²) in [7, 11) is 0. The molecule has 0 aromatic rings. The Morgan fingerprint density at radius 3 is 2.43 bits per heavy atom. The average Bonchev–Trinajstić information content (AvgIpc) is 2.95. The second kappa shape index (κ2) is 7.08. The molecule has 2 N–H and O–H groups in total. The van der Waals surface area contributed by atoms with Gasteiger partial charge in [0.05, 0.1) is 0 Å². The van der Waals surface area contributed by atoms with Crippen molar-refractivity contribution in [2.45, 2.75) is 76.7 Å². The normalized spacial score (nSPS) is 33.2. The maximum absolute atomic E-state index is 12.2. The predicted molar refractivity (Wildman–Crippen MR) is 88.9 cm³/mol. The summed E-state index contributed by atoms with van der Waals surface area (Å²) in [5.74, 6) is 2.19. The van der Waals surface area contributed by atoms with Crippen LogP contribution in [0.5, 0.6) is 0 Å². The summed E-state index contributed by atoms with van der Waals surface area (Å²) in [6.07, 6.45) is 13.7. The van der Waals surface area contributed by atoms with Gasteiger partial charge in [0.1, 0.15) is 0 Å². The van der Waals surface area contributed by atoms with Gasteiger partial charge in [0.25, 0.3) is 0 Å². The first-order valence-corrected chi connectivity index (χ1v) is 9.24. The third-order valence-electron chi connectivity index (χ3n) is 5.84. The largest absolute Gasteiger partial charge is 0.360 e. The fraction of sp³-hybridized carbons (Fsp3) is 0.882. The van der Waals surface area contributed by atoms with E-state index in [1.807, 2.05) is 0 Å². The van der Waals surface area contributed by atoms with Crippen molar-refractivity contribution in [3.8, 4) is 0 Å². The number of rotatable bonds is 2. The Bertz CT molecular complexity index is 392. The van der Waals surface area contributed by atoms with Gasteiger partial charge in [0.15, 0.2) is 5.11 Å². The van der Waals surface area contributed by atoms with Gasteiger partial charge in [-0.05, 0) is 56.2 Å². The standard InChI is InChI=1S/C17H28N2OS/c20-16(13-5-2-1-3-6-13)19-17(21)18-15-10-9-12-7-4-8-14(12)11-15/h12-15H,1-11H2,(H2,18,19,20,21). The Labute approximate surface area is 133 Å². The van der Waals surface area contributed by atoms with Crippen molar-refractivity contribution in [1.82, 2.24) is 10.6 Å². The zero-order valence-electron chi connectivity index (χ0n) is 12.9. The minimum atomic E-state index is 0.141. The first-order valence-electron chi connectivity index (χ1n) is 8.83. The Balaban J connectivity index is 1.42. The van der Waals surface area contributed by atoms with Crippen LogP contribution in [0.2, 0.25) is 0 Å². The number of amides is 1. The number of thiocarbonyl (C=S) groups is 1. The van der Waals surface area contributed by atoms with Crippen LogP contribution in [0.25, 0.3) is 0 Å². The summed E-state index contributed by atoms with van der Waals surface area (Å²) in [5, 5.41) is 6.90. The quantitative estimate of drug-likeness (QED) is 0.767. The molecule has 0 radical (unpaired) electrons. The molecule has 3 aliphatic carbocycles. The fourth-order valence-electron chi connectivity index (χ4n) is 4.63. The summed E-state index contributed by atoms with van der Waals surface area (Å²) in [6, 6.07) is 0.475. The molecule has 3 fully saturated rings. The van der Waals surface area contributed by atoms with Gasteiger partial charge in [-0.3, -0.25) is 4.79 Å². The lowest BCUT2D eigenvalue weighted by atomic mass is 9.79. The monoisotopic (exact) mass is 308 g/mol. The smallest absolute Gasteiger partial charge is 0.229 e. The zero-order chi connectivity index (χ0) is 14.7. The fourth-order valence-corrected chi connectivity index (χ4v) is 4.90. The first kappa shape index (κ1) is 15.3. The van der Waals surface area contributed by atoms with E-state index in [0.717, 1.165) is 24.7 Å². The van der Waals surface area contributed by atoms with Crippen LogP contribution < -0.4 is 10.6 Å². The zero-order valence-corrected chi connectivity index (χ0v) is 13.7. The van der Waals surface area contributed by atoms with Crippen LogP contribution in [-0.2, 0) is 4.79 Å². The molecule has 3 aliphatic rings. The Hall–Kier alpha value is -0.640. The van der Waals surface area contributed by atoms with E-state index >= 15 is 0 Å². The molecular formula is C17H28N2OS. The third-order valence-corrected chi connectivity index (χ3v) is 6.06. The molecule has 21 heavy (non-hydrogen) atoms. The highest BCUT2D eigenvalue weighted by molar-refractivity contribution is 7.80. The summed E-state index contributed by atoms with van der Waals surface area (Å²) < 4.78 is 0. The minimum absolute atomic E-state index is 0.141. The van der Waals surface area contributed by atoms with Gasteiger partial charge in [0, 0.05) is 12.0 Å². The summed E-state index contributed by atoms with van der Waals surface area (Å²) in [5.41, 5.74) is 0. The number of hydrogen-bond donors (Lipinski definition) is 2. The number of carbonyl (C=O) groups excluding carboxylic acids is 1. The minimum Gasteiger partial charge on any atom is -0.360 e. The van der Waals surface area contributed by atoms with Crippen LogP contribution in [-0.4, -0.2) is 17.1 Å². The van der Waals surface area contributed by atoms with E-state index in [4.69, 9.17) is 12.2 Å². The molecule has 3 rings (SSSR count). The van der Waals surface area contributed by atoms with Crippen LogP contribution in [0.3, 0.4) is 0 Å². The van der Waals surface area contributed by atoms with Crippen molar-refractivity contribution < 1.29 is 4.79 Å². The SMILES string of the molecule is O=C(NC(=S)NC1CCC2CCCC2C1)C1CCCCC1. The van der Waals surface area contributed by atoms with E-state index in [2.05, 4.69) is 10.6 Å². The van der Waals surface area contributed by atoms with Crippen LogP contribution in [0.4, 0.5) is 0 Å². The molecule has 0 heterocycles. The lowest BCUT2D eigenvalue weighted by molar-refractivity contribution is -0.124. The molecule has 0 aromatic heterocycles. The lowest BCUT2D eigenvalue weighted by Gasteiger charge is -2.33. The second-order valence-electron chi connectivity index (χ2n) is 7.26. The molecule has 118 valence electrons. The van der Waals surface area contributed by atoms with Crippen LogP contribution in [0, 0.1) is 17.8 Å². The third kappa shape index (κ3) is 3.97. The Morgan fingerprint density at radius 2 is 1.62 bits per heavy atom. The predicted octanol–water partition coefficient (Wildman–Crippen LogP) is 3.53. The van der Waals surface area contributed by atoms with Gasteiger partial charge in [-0.25, -0.2) is 0 Å². The van der Waals surface area contributed by atoms with Gasteiger partial charge in [0.2, 0.25) is 5.91 Å². The number of hydrogen-bond acceptors (Lipinski definition) is 2. The highest BCUT2D eigenvalue weighted by atomic mass is 32.1. The highest BCUT2D eigenvalue weighted by Gasteiger charge is 2.34. The van der Waals surface area contributed by atoms with Crippen molar-refractivity contribution in [3.05, 3.63) is 0 Å². The number of fused-ring (bicyclic) bond motifs is 1. The molecule has 3 saturated carbocycles. The Kier molecular flexibility index (Phi) is 5.15. The molecular weight excluding hydrogens is 280 g/mol. The topological polar surface area (TPSA) is 41.1 Å². The summed E-state index contributed by atoms with van der Waals surface area (Å²) in [6.45, 7) is 0. The maximum atomic E-state index is 12.2. The van der Waals surface area contributed by atoms with E-state index in [1.54, 1.807) is 0 Å². The van der Waals surface area contributed by atoms with Crippen LogP contribution in [0.1, 0.15) is 70.6 Å². The lowest BCUT2D eigenvalue weighted by Crippen LogP contribution is -2.48. The molecule has 3 nitrogen and oxygen atoms in total. The molecule has 3 atom stereocenters. The summed E-state index contributed by atoms with van der Waals surface area (Å²) >= 11 is 5.36. The van der Waals surface area contributed by atoms with Crippen LogP contribution in [0.15, 0.2) is 0 Å². The molecule has 3 unspecified atom stereocenters. The molecule has 0 aromatic carbocycles. The number of carbonyl (C=O) groups is 1. The summed E-state index contributed by atoms with van der Waals surface area (Å²) in [4.78, 5) is 12.2. The van der Waals surface area contributed by atoms with Crippen molar-refractivity contribution in [2.24, 2.45) is 17.8 Å². The van der Waals surface area contributed by atoms with E-state index in [1.165, 1.54) is 57.8 Å². The van der Waals surface area contributed by atoms with Gasteiger partial charge in [-0.2, -0.15) is 0 Å². The molecule has 4 heteroatoms. The number of nitrogens with one attached hydrogen (secondary N) is 2. The molecule has 1 amide bonds. The highest BCUT2D eigenvalue weighted by Crippen LogP contribution is 2.42. The van der Waals surface area contributed by atoms with Crippen molar-refractivity contribution in [1.29, 1.82) is 0 Å². The van der Waals surface area contributed by atoms with E-state index in [9.17, 15) is 4.79 Å². The first-order chi connectivity index (χ1) is 10.2. The van der Waals surface area contributed by atoms with Gasteiger partial charge in [-0.1, -0.05) is 38.5 Å². The van der Waals surface area contributed by atoms with E-state index < -0.39 is 0 Å². The van der Waals surface area contributed by atoms with Crippen molar-refractivity contribution in [3.63, 3.8) is 0 Å². The van der Waals surface area contributed by atoms with Gasteiger partial charge < -0.3 is 10.6 Å². The maximum Gasteiger partial charge on any atom is 0.229 e. The molecule has 0 spiro atoms. The Morgan fingerprint density at radius 1 is 0.857 bits per heavy atom. The van der Waals surface area contributed by atoms with E-state index in [0.29, 0.717) is 11.2 Å². The average molecular weight is 308 g/mol. The van der Waals surface area contributed by atoms with Crippen LogP contribution >= 0.6 is 12.2 Å². The molecule has 0 aliphatic heterocycles. The van der Waals surface area contributed by atoms with Gasteiger partial charge >= 0.3 is 0 Å². The second-order valence-corrected chi connectivity index (χ2v) is 7.67. The molecule has 0 bridgehead atoms. The van der Waals surface area contributed by atoms with Crippen molar-refractivity contribution >= 4 is 23.2 Å².